The van der Waals surface area contributed by atoms with E-state index >= 15 is 0 Å². The molecule has 1 saturated heterocycles. The molecule has 0 spiro atoms. The third-order valence-electron chi connectivity index (χ3n) is 3.58. The average Bonchev–Trinajstić information content (AvgIpc) is 2.55. The minimum atomic E-state index is -1.30. The second kappa shape index (κ2) is 6.91. The minimum absolute atomic E-state index is 0.0331. The van der Waals surface area contributed by atoms with Crippen LogP contribution in [0, 0.1) is 0 Å². The Morgan fingerprint density at radius 3 is 2.39 bits per heavy atom. The first-order valence-corrected chi connectivity index (χ1v) is 7.14. The first-order valence-electron chi connectivity index (χ1n) is 7.14. The van der Waals surface area contributed by atoms with Gasteiger partial charge in [-0.1, -0.05) is 30.3 Å². The van der Waals surface area contributed by atoms with Crippen LogP contribution in [0.4, 0.5) is 4.79 Å². The summed E-state index contributed by atoms with van der Waals surface area (Å²) >= 11 is 0. The fraction of sp³-hybridized carbons (Fsp3) is 0.333. The smallest absolute Gasteiger partial charge is 0.330 e. The minimum Gasteiger partial charge on any atom is -0.479 e. The van der Waals surface area contributed by atoms with Crippen LogP contribution >= 0.6 is 0 Å². The Morgan fingerprint density at radius 1 is 1.17 bits per heavy atom. The van der Waals surface area contributed by atoms with Crippen LogP contribution in [0.3, 0.4) is 0 Å². The van der Waals surface area contributed by atoms with E-state index in [1.54, 1.807) is 37.3 Å². The number of benzene rings is 1. The molecule has 2 N–H and O–H groups in total. The van der Waals surface area contributed by atoms with Gasteiger partial charge in [-0.3, -0.25) is 14.5 Å². The highest BCUT2D eigenvalue weighted by Gasteiger charge is 2.36. The lowest BCUT2D eigenvalue weighted by Crippen LogP contribution is -2.58. The number of nitrogens with zero attached hydrogens (tertiary/aromatic N) is 2. The number of hydrogen-bond acceptors (Lipinski definition) is 4. The molecule has 4 amide bonds. The van der Waals surface area contributed by atoms with E-state index in [1.165, 1.54) is 4.90 Å². The molecule has 23 heavy (non-hydrogen) atoms. The number of amides is 4. The summed E-state index contributed by atoms with van der Waals surface area (Å²) in [6.07, 6.45) is 0. The highest BCUT2D eigenvalue weighted by molar-refractivity contribution is 6.38. The van der Waals surface area contributed by atoms with E-state index in [0.29, 0.717) is 12.1 Å². The van der Waals surface area contributed by atoms with Crippen LogP contribution in [0.5, 0.6) is 0 Å². The summed E-state index contributed by atoms with van der Waals surface area (Å²) in [6, 6.07) is 5.93. The van der Waals surface area contributed by atoms with E-state index in [9.17, 15) is 24.3 Å². The maximum absolute atomic E-state index is 12.2. The maximum Gasteiger partial charge on any atom is 0.330 e. The van der Waals surface area contributed by atoms with Crippen LogP contribution in [-0.2, 0) is 14.4 Å². The molecule has 0 unspecified atom stereocenters. The van der Waals surface area contributed by atoms with Gasteiger partial charge >= 0.3 is 23.8 Å². The molecule has 1 atom stereocenters. The molecule has 1 fully saturated rings. The fourth-order valence-corrected chi connectivity index (χ4v) is 2.30. The van der Waals surface area contributed by atoms with Gasteiger partial charge < -0.3 is 15.3 Å². The third kappa shape index (κ3) is 3.47. The van der Waals surface area contributed by atoms with Crippen LogP contribution in [0.25, 0.3) is 0 Å². The molecule has 8 heteroatoms. The number of imide groups is 1. The lowest BCUT2D eigenvalue weighted by molar-refractivity contribution is -0.153. The largest absolute Gasteiger partial charge is 0.479 e. The van der Waals surface area contributed by atoms with E-state index in [-0.39, 0.29) is 13.1 Å². The number of aliphatic carboxylic acids is 1. The van der Waals surface area contributed by atoms with E-state index in [4.69, 9.17) is 0 Å². The lowest BCUT2D eigenvalue weighted by atomic mass is 10.1. The number of likely N-dealkylation sites (N-methyl/N-ethyl adjacent to an activating group) is 1. The first-order chi connectivity index (χ1) is 11.0. The van der Waals surface area contributed by atoms with Crippen molar-refractivity contribution in [1.29, 1.82) is 0 Å². The Morgan fingerprint density at radius 2 is 1.83 bits per heavy atom. The van der Waals surface area contributed by atoms with Crippen molar-refractivity contribution < 1.29 is 24.3 Å². The number of piperazine rings is 1. The van der Waals surface area contributed by atoms with Crippen LogP contribution in [0.15, 0.2) is 30.3 Å². The maximum atomic E-state index is 12.2. The van der Waals surface area contributed by atoms with Crippen molar-refractivity contribution in [3.05, 3.63) is 35.9 Å². The summed E-state index contributed by atoms with van der Waals surface area (Å²) < 4.78 is 0. The van der Waals surface area contributed by atoms with Gasteiger partial charge in [-0.25, -0.2) is 9.59 Å². The van der Waals surface area contributed by atoms with Crippen LogP contribution in [-0.4, -0.2) is 58.4 Å². The molecule has 0 saturated carbocycles. The van der Waals surface area contributed by atoms with Crippen LogP contribution in [0.1, 0.15) is 18.5 Å². The molecule has 0 aromatic heterocycles. The molecule has 0 aliphatic carbocycles. The standard InChI is InChI=1S/C15H17N3O5/c1-2-17-8-9-18(13(20)12(17)19)15(23)16-11(14(21)22)10-6-4-3-5-7-10/h3-7,11H,2,8-9H2,1H3,(H,16,23)(H,21,22)/t11-/m1/s1. The van der Waals surface area contributed by atoms with Crippen LogP contribution in [0.2, 0.25) is 0 Å². The van der Waals surface area contributed by atoms with Gasteiger partial charge in [0, 0.05) is 19.6 Å². The second-order valence-electron chi connectivity index (χ2n) is 4.97. The molecule has 8 nitrogen and oxygen atoms in total. The lowest BCUT2D eigenvalue weighted by Gasteiger charge is -2.32. The molecule has 1 heterocycles. The summed E-state index contributed by atoms with van der Waals surface area (Å²) in [7, 11) is 0. The topological polar surface area (TPSA) is 107 Å². The molecule has 1 aliphatic heterocycles. The summed E-state index contributed by atoms with van der Waals surface area (Å²) in [5.41, 5.74) is 0.374. The number of carboxylic acids is 1. The number of rotatable bonds is 4. The van der Waals surface area contributed by atoms with Gasteiger partial charge in [-0.2, -0.15) is 0 Å². The zero-order chi connectivity index (χ0) is 17.0. The molecule has 1 aliphatic rings. The molecular formula is C15H17N3O5. The van der Waals surface area contributed by atoms with Gasteiger partial charge in [-0.15, -0.1) is 0 Å². The van der Waals surface area contributed by atoms with Gasteiger partial charge in [-0.05, 0) is 12.5 Å². The number of hydrogen-bond donors (Lipinski definition) is 2. The Bertz CT molecular complexity index is 631. The number of nitrogens with one attached hydrogen (secondary N) is 1. The Balaban J connectivity index is 2.12. The third-order valence-corrected chi connectivity index (χ3v) is 3.58. The molecule has 0 bridgehead atoms. The normalized spacial score (nSPS) is 16.2. The van der Waals surface area contributed by atoms with Gasteiger partial charge in [0.2, 0.25) is 0 Å². The number of carbonyl (C=O) groups is 4. The summed E-state index contributed by atoms with van der Waals surface area (Å²) in [4.78, 5) is 49.4. The molecular weight excluding hydrogens is 302 g/mol. The predicted octanol–water partition coefficient (Wildman–Crippen LogP) is 0.213. The number of carbonyl (C=O) groups excluding carboxylic acids is 3. The summed E-state index contributed by atoms with van der Waals surface area (Å²) in [5.74, 6) is -2.97. The quantitative estimate of drug-likeness (QED) is 0.772. The molecule has 122 valence electrons. The Kier molecular flexibility index (Phi) is 4.95. The van der Waals surface area contributed by atoms with Crippen LogP contribution < -0.4 is 5.32 Å². The highest BCUT2D eigenvalue weighted by Crippen LogP contribution is 2.14. The first kappa shape index (κ1) is 16.5. The van der Waals surface area contributed by atoms with E-state index in [1.807, 2.05) is 0 Å². The molecule has 0 radical (unpaired) electrons. The van der Waals surface area contributed by atoms with Crippen molar-refractivity contribution in [2.24, 2.45) is 0 Å². The van der Waals surface area contributed by atoms with E-state index < -0.39 is 29.9 Å². The van der Waals surface area contributed by atoms with E-state index in [2.05, 4.69) is 5.32 Å². The molecule has 1 aromatic rings. The van der Waals surface area contributed by atoms with Gasteiger partial charge in [0.05, 0.1) is 0 Å². The molecule has 2 rings (SSSR count). The van der Waals surface area contributed by atoms with Gasteiger partial charge in [0.15, 0.2) is 6.04 Å². The fourth-order valence-electron chi connectivity index (χ4n) is 2.30. The number of carboxylic acid groups (broad SMARTS) is 1. The van der Waals surface area contributed by atoms with E-state index in [0.717, 1.165) is 4.90 Å². The van der Waals surface area contributed by atoms with Crippen molar-refractivity contribution in [3.63, 3.8) is 0 Å². The average molecular weight is 319 g/mol. The van der Waals surface area contributed by atoms with Crippen molar-refractivity contribution in [2.45, 2.75) is 13.0 Å². The second-order valence-corrected chi connectivity index (χ2v) is 4.97. The zero-order valence-corrected chi connectivity index (χ0v) is 12.6. The monoisotopic (exact) mass is 319 g/mol. The predicted molar refractivity (Wildman–Crippen MR) is 79.3 cm³/mol. The zero-order valence-electron chi connectivity index (χ0n) is 12.6. The van der Waals surface area contributed by atoms with Crippen molar-refractivity contribution >= 4 is 23.8 Å². The SMILES string of the molecule is CCN1CCN(C(=O)N[C@@H](C(=O)O)c2ccccc2)C(=O)C1=O. The summed E-state index contributed by atoms with van der Waals surface area (Å²) in [5, 5.41) is 11.6. The number of urea groups is 1. The Hall–Kier alpha value is -2.90. The highest BCUT2D eigenvalue weighted by atomic mass is 16.4. The van der Waals surface area contributed by atoms with Crippen molar-refractivity contribution in [1.82, 2.24) is 15.1 Å². The van der Waals surface area contributed by atoms with Crippen molar-refractivity contribution in [2.75, 3.05) is 19.6 Å². The van der Waals surface area contributed by atoms with Gasteiger partial charge in [0.1, 0.15) is 0 Å². The summed E-state index contributed by atoms with van der Waals surface area (Å²) in [6.45, 7) is 2.38. The van der Waals surface area contributed by atoms with Crippen molar-refractivity contribution in [3.8, 4) is 0 Å². The molecule has 1 aromatic carbocycles. The Labute approximate surface area is 132 Å². The van der Waals surface area contributed by atoms with Gasteiger partial charge in [0.25, 0.3) is 0 Å².